The highest BCUT2D eigenvalue weighted by atomic mass is 35.5. The minimum atomic E-state index is -1.48. The number of nitriles is 1. The maximum Gasteiger partial charge on any atom is 0.256 e. The van der Waals surface area contributed by atoms with Gasteiger partial charge in [0, 0.05) is 13.1 Å². The van der Waals surface area contributed by atoms with Crippen LogP contribution in [0.1, 0.15) is 39.3 Å². The van der Waals surface area contributed by atoms with E-state index in [2.05, 4.69) is 26.5 Å². The molecule has 1 N–H and O–H groups in total. The Hall–Kier alpha value is -2.93. The number of carbonyl (C=O) groups excluding carboxylic acids is 1. The Bertz CT molecular complexity index is 1010. The van der Waals surface area contributed by atoms with Gasteiger partial charge < -0.3 is 15.0 Å². The van der Waals surface area contributed by atoms with Crippen molar-refractivity contribution in [1.29, 1.82) is 5.26 Å². The number of anilines is 2. The van der Waals surface area contributed by atoms with E-state index >= 15 is 0 Å². The van der Waals surface area contributed by atoms with Crippen LogP contribution in [0.15, 0.2) is 12.4 Å². The number of amides is 1. The molecule has 11 heteroatoms. The third-order valence-electron chi connectivity index (χ3n) is 5.43. The molecule has 0 aromatic carbocycles. The van der Waals surface area contributed by atoms with Gasteiger partial charge in [0.2, 0.25) is 11.8 Å². The molecule has 0 spiro atoms. The summed E-state index contributed by atoms with van der Waals surface area (Å²) in [6, 6.07) is 2.20. The fraction of sp³-hybridized carbons (Fsp3) is 0.571. The van der Waals surface area contributed by atoms with Gasteiger partial charge in [-0.3, -0.25) is 9.48 Å². The van der Waals surface area contributed by atoms with E-state index in [9.17, 15) is 14.4 Å². The van der Waals surface area contributed by atoms with E-state index in [1.807, 2.05) is 6.92 Å². The Balaban J connectivity index is 1.61. The first kappa shape index (κ1) is 23.7. The maximum atomic E-state index is 13.2. The van der Waals surface area contributed by atoms with Gasteiger partial charge in [-0.05, 0) is 46.5 Å². The van der Waals surface area contributed by atoms with Crippen molar-refractivity contribution >= 4 is 29.1 Å². The van der Waals surface area contributed by atoms with E-state index < -0.39 is 17.6 Å². The third-order valence-corrected chi connectivity index (χ3v) is 5.69. The Kier molecular flexibility index (Phi) is 7.19. The number of likely N-dealkylation sites (tertiary alicyclic amines) is 1. The number of ether oxygens (including phenoxy) is 1. The number of rotatable bonds is 7. The van der Waals surface area contributed by atoms with Crippen LogP contribution in [0.3, 0.4) is 0 Å². The second kappa shape index (κ2) is 9.69. The van der Waals surface area contributed by atoms with Crippen molar-refractivity contribution in [2.75, 3.05) is 25.0 Å². The van der Waals surface area contributed by atoms with Crippen LogP contribution in [0.25, 0.3) is 0 Å². The van der Waals surface area contributed by atoms with Crippen LogP contribution in [0.4, 0.5) is 16.0 Å². The van der Waals surface area contributed by atoms with Gasteiger partial charge in [-0.25, -0.2) is 9.37 Å². The molecule has 3 heterocycles. The number of halogens is 2. The van der Waals surface area contributed by atoms with Crippen LogP contribution >= 0.6 is 11.6 Å². The fourth-order valence-electron chi connectivity index (χ4n) is 3.32. The molecule has 1 amide bonds. The van der Waals surface area contributed by atoms with Crippen molar-refractivity contribution in [3.63, 3.8) is 0 Å². The SMILES string of the molecule is Cc1nn(C(C)(C)C#N)cc1Nc1ncc(Cl)c(OCC2CCN(C(=O)C(C)F)CC2)n1. The molecule has 1 fully saturated rings. The number of alkyl halides is 1. The molecule has 0 bridgehead atoms. The predicted octanol–water partition coefficient (Wildman–Crippen LogP) is 3.61. The van der Waals surface area contributed by atoms with E-state index in [0.717, 1.165) is 12.8 Å². The number of carbonyl (C=O) groups is 1. The van der Waals surface area contributed by atoms with Gasteiger partial charge in [0.1, 0.15) is 10.6 Å². The van der Waals surface area contributed by atoms with E-state index in [-0.39, 0.29) is 16.8 Å². The molecule has 2 aromatic rings. The van der Waals surface area contributed by atoms with Gasteiger partial charge >= 0.3 is 0 Å². The summed E-state index contributed by atoms with van der Waals surface area (Å²) in [7, 11) is 0. The number of nitrogens with zero attached hydrogens (tertiary/aromatic N) is 6. The van der Waals surface area contributed by atoms with E-state index in [4.69, 9.17) is 16.3 Å². The number of hydrogen-bond acceptors (Lipinski definition) is 7. The lowest BCUT2D eigenvalue weighted by Crippen LogP contribution is -2.42. The lowest BCUT2D eigenvalue weighted by molar-refractivity contribution is -0.137. The summed E-state index contributed by atoms with van der Waals surface area (Å²) in [6.07, 6.45) is 3.15. The van der Waals surface area contributed by atoms with Crippen molar-refractivity contribution < 1.29 is 13.9 Å². The molecule has 2 aromatic heterocycles. The lowest BCUT2D eigenvalue weighted by atomic mass is 9.97. The number of piperidine rings is 1. The van der Waals surface area contributed by atoms with Gasteiger partial charge in [-0.15, -0.1) is 0 Å². The molecular weight excluding hydrogens is 437 g/mol. The molecule has 1 saturated heterocycles. The Morgan fingerprint density at radius 2 is 2.16 bits per heavy atom. The molecular formula is C21H27ClFN7O2. The molecule has 1 aliphatic rings. The van der Waals surface area contributed by atoms with Crippen LogP contribution < -0.4 is 10.1 Å². The second-order valence-electron chi connectivity index (χ2n) is 8.41. The lowest BCUT2D eigenvalue weighted by Gasteiger charge is -2.32. The first-order valence-electron chi connectivity index (χ1n) is 10.4. The molecule has 0 aliphatic carbocycles. The van der Waals surface area contributed by atoms with Crippen LogP contribution in [-0.4, -0.2) is 56.4 Å². The quantitative estimate of drug-likeness (QED) is 0.667. The zero-order valence-corrected chi connectivity index (χ0v) is 19.4. The number of aryl methyl sites for hydroxylation is 1. The summed E-state index contributed by atoms with van der Waals surface area (Å²) in [5, 5.41) is 17.1. The van der Waals surface area contributed by atoms with Crippen molar-refractivity contribution in [3.8, 4) is 11.9 Å². The topological polar surface area (TPSA) is 109 Å². The first-order valence-corrected chi connectivity index (χ1v) is 10.8. The van der Waals surface area contributed by atoms with Crippen LogP contribution in [0.5, 0.6) is 5.88 Å². The van der Waals surface area contributed by atoms with E-state index in [1.54, 1.807) is 29.6 Å². The van der Waals surface area contributed by atoms with Crippen molar-refractivity contribution in [3.05, 3.63) is 23.1 Å². The van der Waals surface area contributed by atoms with Crippen LogP contribution in [-0.2, 0) is 10.3 Å². The Morgan fingerprint density at radius 3 is 2.78 bits per heavy atom. The van der Waals surface area contributed by atoms with Gasteiger partial charge in [-0.2, -0.15) is 15.3 Å². The third kappa shape index (κ3) is 5.46. The summed E-state index contributed by atoms with van der Waals surface area (Å²) in [5.74, 6) is 0.294. The zero-order chi connectivity index (χ0) is 23.5. The standard InChI is InChI=1S/C21H27ClFN7O2/c1-13(23)19(31)29-7-5-15(6-8-29)11-32-18-16(22)9-25-20(27-18)26-17-10-30(28-14(17)2)21(3,4)12-24/h9-10,13,15H,5-8,11H2,1-4H3,(H,25,26,27). The predicted molar refractivity (Wildman–Crippen MR) is 118 cm³/mol. The fourth-order valence-corrected chi connectivity index (χ4v) is 3.47. The summed E-state index contributed by atoms with van der Waals surface area (Å²) in [5.41, 5.74) is 0.571. The molecule has 0 saturated carbocycles. The van der Waals surface area contributed by atoms with E-state index in [0.29, 0.717) is 37.0 Å². The van der Waals surface area contributed by atoms with Crippen molar-refractivity contribution in [2.45, 2.75) is 52.2 Å². The van der Waals surface area contributed by atoms with Gasteiger partial charge in [0.25, 0.3) is 5.91 Å². The number of nitrogens with one attached hydrogen (secondary N) is 1. The Labute approximate surface area is 191 Å². The highest BCUT2D eigenvalue weighted by Crippen LogP contribution is 2.27. The Morgan fingerprint density at radius 1 is 1.47 bits per heavy atom. The second-order valence-corrected chi connectivity index (χ2v) is 8.82. The van der Waals surface area contributed by atoms with Crippen molar-refractivity contribution in [2.24, 2.45) is 5.92 Å². The monoisotopic (exact) mass is 463 g/mol. The van der Waals surface area contributed by atoms with Gasteiger partial charge in [0.05, 0.1) is 36.5 Å². The van der Waals surface area contributed by atoms with Crippen molar-refractivity contribution in [1.82, 2.24) is 24.6 Å². The normalized spacial score (nSPS) is 15.8. The van der Waals surface area contributed by atoms with Gasteiger partial charge in [-0.1, -0.05) is 11.6 Å². The summed E-state index contributed by atoms with van der Waals surface area (Å²) in [6.45, 7) is 8.02. The number of aromatic nitrogens is 4. The largest absolute Gasteiger partial charge is 0.476 e. The smallest absolute Gasteiger partial charge is 0.256 e. The minimum Gasteiger partial charge on any atom is -0.476 e. The zero-order valence-electron chi connectivity index (χ0n) is 18.6. The van der Waals surface area contributed by atoms with E-state index in [1.165, 1.54) is 13.1 Å². The summed E-state index contributed by atoms with van der Waals surface area (Å²) in [4.78, 5) is 21.9. The van der Waals surface area contributed by atoms with Gasteiger partial charge in [0.15, 0.2) is 6.17 Å². The van der Waals surface area contributed by atoms with Crippen LogP contribution in [0.2, 0.25) is 5.02 Å². The van der Waals surface area contributed by atoms with Crippen LogP contribution in [0, 0.1) is 24.2 Å². The average Bonchev–Trinajstić information content (AvgIpc) is 3.15. The maximum absolute atomic E-state index is 13.2. The summed E-state index contributed by atoms with van der Waals surface area (Å²) < 4.78 is 20.6. The molecule has 9 nitrogen and oxygen atoms in total. The first-order chi connectivity index (χ1) is 15.1. The molecule has 172 valence electrons. The molecule has 0 radical (unpaired) electrons. The molecule has 1 aliphatic heterocycles. The summed E-state index contributed by atoms with van der Waals surface area (Å²) >= 11 is 6.21. The minimum absolute atomic E-state index is 0.213. The molecule has 3 rings (SSSR count). The number of hydrogen-bond donors (Lipinski definition) is 1. The molecule has 1 atom stereocenters. The highest BCUT2D eigenvalue weighted by molar-refractivity contribution is 6.31. The average molecular weight is 464 g/mol. The molecule has 1 unspecified atom stereocenters. The molecule has 32 heavy (non-hydrogen) atoms. The highest BCUT2D eigenvalue weighted by Gasteiger charge is 2.26.